The summed E-state index contributed by atoms with van der Waals surface area (Å²) in [6.45, 7) is 2.20. The Kier molecular flexibility index (Phi) is 5.05. The zero-order chi connectivity index (χ0) is 16.2. The fourth-order valence-corrected chi connectivity index (χ4v) is 3.13. The first kappa shape index (κ1) is 16.3. The number of aryl methyl sites for hydroxylation is 1. The standard InChI is InChI=1S/C16H19NO4S/c1-12-4-6-13(7-5-12)11-17-22(18,19)16-9-8-14(20-2)10-15(16)21-3/h4-10,17H,11H2,1-3H3. The summed E-state index contributed by atoms with van der Waals surface area (Å²) in [6, 6.07) is 12.3. The second-order valence-corrected chi connectivity index (χ2v) is 6.56. The van der Waals surface area contributed by atoms with Crippen LogP contribution in [-0.4, -0.2) is 22.6 Å². The Morgan fingerprint density at radius 1 is 1.00 bits per heavy atom. The Hall–Kier alpha value is -2.05. The van der Waals surface area contributed by atoms with Gasteiger partial charge in [0, 0.05) is 12.6 Å². The molecule has 6 heteroatoms. The first-order valence-corrected chi connectivity index (χ1v) is 8.22. The van der Waals surface area contributed by atoms with Crippen LogP contribution in [0, 0.1) is 6.92 Å². The molecule has 0 aliphatic heterocycles. The van der Waals surface area contributed by atoms with Crippen molar-refractivity contribution in [1.82, 2.24) is 4.72 Å². The van der Waals surface area contributed by atoms with Crippen molar-refractivity contribution in [3.8, 4) is 11.5 Å². The summed E-state index contributed by atoms with van der Waals surface area (Å²) in [5.74, 6) is 0.782. The van der Waals surface area contributed by atoms with Crippen molar-refractivity contribution < 1.29 is 17.9 Å². The highest BCUT2D eigenvalue weighted by Gasteiger charge is 2.19. The van der Waals surface area contributed by atoms with Crippen LogP contribution in [0.3, 0.4) is 0 Å². The zero-order valence-corrected chi connectivity index (χ0v) is 13.6. The average molecular weight is 321 g/mol. The second-order valence-electron chi connectivity index (χ2n) is 4.83. The summed E-state index contributed by atoms with van der Waals surface area (Å²) in [5.41, 5.74) is 2.02. The summed E-state index contributed by atoms with van der Waals surface area (Å²) in [6.07, 6.45) is 0. The van der Waals surface area contributed by atoms with E-state index in [0.717, 1.165) is 11.1 Å². The van der Waals surface area contributed by atoms with E-state index in [1.807, 2.05) is 31.2 Å². The number of nitrogens with one attached hydrogen (secondary N) is 1. The molecule has 0 fully saturated rings. The summed E-state index contributed by atoms with van der Waals surface area (Å²) < 4.78 is 37.6. The van der Waals surface area contributed by atoms with Gasteiger partial charge in [-0.25, -0.2) is 13.1 Å². The normalized spacial score (nSPS) is 11.2. The molecular weight excluding hydrogens is 302 g/mol. The molecule has 1 N–H and O–H groups in total. The monoisotopic (exact) mass is 321 g/mol. The lowest BCUT2D eigenvalue weighted by atomic mass is 10.2. The van der Waals surface area contributed by atoms with Crippen molar-refractivity contribution in [3.63, 3.8) is 0 Å². The predicted molar refractivity (Wildman–Crippen MR) is 84.8 cm³/mol. The summed E-state index contributed by atoms with van der Waals surface area (Å²) in [7, 11) is -0.730. The molecule has 0 bridgehead atoms. The molecule has 0 aliphatic rings. The molecule has 0 saturated carbocycles. The molecule has 2 aromatic rings. The van der Waals surface area contributed by atoms with E-state index in [4.69, 9.17) is 9.47 Å². The van der Waals surface area contributed by atoms with E-state index >= 15 is 0 Å². The van der Waals surface area contributed by atoms with Crippen LogP contribution in [-0.2, 0) is 16.6 Å². The van der Waals surface area contributed by atoms with Gasteiger partial charge in [-0.15, -0.1) is 0 Å². The molecule has 2 aromatic carbocycles. The van der Waals surface area contributed by atoms with Gasteiger partial charge in [-0.3, -0.25) is 0 Å². The van der Waals surface area contributed by atoms with Crippen LogP contribution in [0.1, 0.15) is 11.1 Å². The lowest BCUT2D eigenvalue weighted by molar-refractivity contribution is 0.386. The fraction of sp³-hybridized carbons (Fsp3) is 0.250. The summed E-state index contributed by atoms with van der Waals surface area (Å²) >= 11 is 0. The Bertz CT molecular complexity index is 739. The molecule has 5 nitrogen and oxygen atoms in total. The highest BCUT2D eigenvalue weighted by Crippen LogP contribution is 2.28. The van der Waals surface area contributed by atoms with E-state index in [-0.39, 0.29) is 17.2 Å². The number of hydrogen-bond acceptors (Lipinski definition) is 4. The van der Waals surface area contributed by atoms with E-state index in [9.17, 15) is 8.42 Å². The summed E-state index contributed by atoms with van der Waals surface area (Å²) in [4.78, 5) is 0.0860. The Balaban J connectivity index is 2.21. The SMILES string of the molecule is COc1ccc(S(=O)(=O)NCc2ccc(C)cc2)c(OC)c1. The number of methoxy groups -OCH3 is 2. The van der Waals surface area contributed by atoms with Crippen molar-refractivity contribution in [2.24, 2.45) is 0 Å². The molecule has 0 aromatic heterocycles. The highest BCUT2D eigenvalue weighted by atomic mass is 32.2. The molecular formula is C16H19NO4S. The van der Waals surface area contributed by atoms with Gasteiger partial charge in [-0.1, -0.05) is 29.8 Å². The number of sulfonamides is 1. The molecule has 0 amide bonds. The first-order valence-electron chi connectivity index (χ1n) is 6.73. The molecule has 22 heavy (non-hydrogen) atoms. The smallest absolute Gasteiger partial charge is 0.244 e. The molecule has 0 atom stereocenters. The number of rotatable bonds is 6. The van der Waals surface area contributed by atoms with E-state index < -0.39 is 10.0 Å². The molecule has 0 saturated heterocycles. The van der Waals surface area contributed by atoms with Gasteiger partial charge in [0.05, 0.1) is 14.2 Å². The van der Waals surface area contributed by atoms with Gasteiger partial charge < -0.3 is 9.47 Å². The van der Waals surface area contributed by atoms with Crippen molar-refractivity contribution in [3.05, 3.63) is 53.6 Å². The number of benzene rings is 2. The van der Waals surface area contributed by atoms with Crippen molar-refractivity contribution in [2.45, 2.75) is 18.4 Å². The average Bonchev–Trinajstić information content (AvgIpc) is 2.53. The Morgan fingerprint density at radius 2 is 1.68 bits per heavy atom. The number of hydrogen-bond donors (Lipinski definition) is 1. The third-order valence-corrected chi connectivity index (χ3v) is 4.69. The molecule has 0 unspecified atom stereocenters. The van der Waals surface area contributed by atoms with Crippen molar-refractivity contribution in [1.29, 1.82) is 0 Å². The Labute approximate surface area is 130 Å². The molecule has 0 heterocycles. The van der Waals surface area contributed by atoms with Crippen LogP contribution >= 0.6 is 0 Å². The van der Waals surface area contributed by atoms with Crippen LogP contribution in [0.5, 0.6) is 11.5 Å². The van der Waals surface area contributed by atoms with E-state index in [2.05, 4.69) is 4.72 Å². The topological polar surface area (TPSA) is 64.6 Å². The lowest BCUT2D eigenvalue weighted by Gasteiger charge is -2.12. The minimum absolute atomic E-state index is 0.0860. The largest absolute Gasteiger partial charge is 0.497 e. The fourth-order valence-electron chi connectivity index (χ4n) is 1.96. The van der Waals surface area contributed by atoms with Gasteiger partial charge in [-0.05, 0) is 24.6 Å². The maximum atomic E-state index is 12.4. The maximum absolute atomic E-state index is 12.4. The van der Waals surface area contributed by atoms with Crippen LogP contribution in [0.4, 0.5) is 0 Å². The molecule has 0 spiro atoms. The quantitative estimate of drug-likeness (QED) is 0.888. The van der Waals surface area contributed by atoms with Crippen LogP contribution < -0.4 is 14.2 Å². The van der Waals surface area contributed by atoms with Gasteiger partial charge in [-0.2, -0.15) is 0 Å². The number of ether oxygens (including phenoxy) is 2. The van der Waals surface area contributed by atoms with Gasteiger partial charge in [0.15, 0.2) is 0 Å². The van der Waals surface area contributed by atoms with Gasteiger partial charge >= 0.3 is 0 Å². The molecule has 0 aliphatic carbocycles. The zero-order valence-electron chi connectivity index (χ0n) is 12.8. The van der Waals surface area contributed by atoms with E-state index in [1.165, 1.54) is 20.3 Å². The maximum Gasteiger partial charge on any atom is 0.244 e. The van der Waals surface area contributed by atoms with Crippen LogP contribution in [0.15, 0.2) is 47.4 Å². The Morgan fingerprint density at radius 3 is 2.27 bits per heavy atom. The second kappa shape index (κ2) is 6.81. The third-order valence-electron chi connectivity index (χ3n) is 3.25. The van der Waals surface area contributed by atoms with Crippen molar-refractivity contribution >= 4 is 10.0 Å². The first-order chi connectivity index (χ1) is 10.5. The lowest BCUT2D eigenvalue weighted by Crippen LogP contribution is -2.23. The van der Waals surface area contributed by atoms with E-state index in [0.29, 0.717) is 5.75 Å². The minimum atomic E-state index is -3.67. The third kappa shape index (κ3) is 3.78. The summed E-state index contributed by atoms with van der Waals surface area (Å²) in [5, 5.41) is 0. The van der Waals surface area contributed by atoms with E-state index in [1.54, 1.807) is 12.1 Å². The van der Waals surface area contributed by atoms with Crippen LogP contribution in [0.2, 0.25) is 0 Å². The van der Waals surface area contributed by atoms with Gasteiger partial charge in [0.2, 0.25) is 10.0 Å². The molecule has 118 valence electrons. The van der Waals surface area contributed by atoms with Gasteiger partial charge in [0.25, 0.3) is 0 Å². The predicted octanol–water partition coefficient (Wildman–Crippen LogP) is 2.49. The molecule has 0 radical (unpaired) electrons. The minimum Gasteiger partial charge on any atom is -0.497 e. The highest BCUT2D eigenvalue weighted by molar-refractivity contribution is 7.89. The van der Waals surface area contributed by atoms with Crippen molar-refractivity contribution in [2.75, 3.05) is 14.2 Å². The van der Waals surface area contributed by atoms with Gasteiger partial charge in [0.1, 0.15) is 16.4 Å². The van der Waals surface area contributed by atoms with Crippen LogP contribution in [0.25, 0.3) is 0 Å². The molecule has 2 rings (SSSR count).